The SMILES string of the molecule is C=C(OC)c1cc(Oc2ccc(C)cc2)ncn1. The summed E-state index contributed by atoms with van der Waals surface area (Å²) in [6.45, 7) is 5.76. The fourth-order valence-corrected chi connectivity index (χ4v) is 1.38. The lowest BCUT2D eigenvalue weighted by Crippen LogP contribution is -1.94. The zero-order valence-corrected chi connectivity index (χ0v) is 10.4. The van der Waals surface area contributed by atoms with Gasteiger partial charge in [0.25, 0.3) is 0 Å². The lowest BCUT2D eigenvalue weighted by Gasteiger charge is -2.07. The monoisotopic (exact) mass is 242 g/mol. The van der Waals surface area contributed by atoms with E-state index in [0.29, 0.717) is 17.3 Å². The molecule has 1 heterocycles. The molecule has 0 saturated carbocycles. The highest BCUT2D eigenvalue weighted by atomic mass is 16.5. The molecule has 2 rings (SSSR count). The van der Waals surface area contributed by atoms with Crippen LogP contribution in [0.4, 0.5) is 0 Å². The first kappa shape index (κ1) is 12.1. The molecule has 92 valence electrons. The van der Waals surface area contributed by atoms with Crippen LogP contribution in [-0.2, 0) is 4.74 Å². The summed E-state index contributed by atoms with van der Waals surface area (Å²) in [7, 11) is 1.55. The second-order valence-electron chi connectivity index (χ2n) is 3.78. The molecule has 2 aromatic rings. The molecule has 0 fully saturated rings. The van der Waals surface area contributed by atoms with Crippen LogP contribution in [0.1, 0.15) is 11.3 Å². The third-order valence-electron chi connectivity index (χ3n) is 2.42. The van der Waals surface area contributed by atoms with Crippen molar-refractivity contribution in [3.05, 3.63) is 54.5 Å². The summed E-state index contributed by atoms with van der Waals surface area (Å²) in [4.78, 5) is 8.09. The average Bonchev–Trinajstić information content (AvgIpc) is 2.41. The van der Waals surface area contributed by atoms with E-state index < -0.39 is 0 Å². The first-order chi connectivity index (χ1) is 8.69. The Morgan fingerprint density at radius 1 is 1.17 bits per heavy atom. The lowest BCUT2D eigenvalue weighted by atomic mass is 10.2. The number of aromatic nitrogens is 2. The van der Waals surface area contributed by atoms with Crippen LogP contribution in [-0.4, -0.2) is 17.1 Å². The van der Waals surface area contributed by atoms with Crippen LogP contribution in [0.25, 0.3) is 5.76 Å². The minimum absolute atomic E-state index is 0.460. The van der Waals surface area contributed by atoms with Gasteiger partial charge in [-0.25, -0.2) is 9.97 Å². The highest BCUT2D eigenvalue weighted by molar-refractivity contribution is 5.54. The maximum Gasteiger partial charge on any atom is 0.222 e. The van der Waals surface area contributed by atoms with Crippen LogP contribution < -0.4 is 4.74 Å². The summed E-state index contributed by atoms with van der Waals surface area (Å²) in [5.41, 5.74) is 1.79. The van der Waals surface area contributed by atoms with E-state index in [1.807, 2.05) is 31.2 Å². The summed E-state index contributed by atoms with van der Waals surface area (Å²) >= 11 is 0. The topological polar surface area (TPSA) is 44.2 Å². The third-order valence-corrected chi connectivity index (χ3v) is 2.42. The van der Waals surface area contributed by atoms with Crippen molar-refractivity contribution in [3.8, 4) is 11.6 Å². The van der Waals surface area contributed by atoms with Crippen molar-refractivity contribution < 1.29 is 9.47 Å². The van der Waals surface area contributed by atoms with Crippen LogP contribution in [0.3, 0.4) is 0 Å². The third kappa shape index (κ3) is 2.85. The van der Waals surface area contributed by atoms with Crippen LogP contribution in [0.2, 0.25) is 0 Å². The maximum absolute atomic E-state index is 5.62. The molecule has 0 aliphatic heterocycles. The summed E-state index contributed by atoms with van der Waals surface area (Å²) in [5, 5.41) is 0. The standard InChI is InChI=1S/C14H14N2O2/c1-10-4-6-12(7-5-10)18-14-8-13(11(2)17-3)15-9-16-14/h4-9H,2H2,1,3H3. The molecular formula is C14H14N2O2. The zero-order chi connectivity index (χ0) is 13.0. The maximum atomic E-state index is 5.62. The number of benzene rings is 1. The van der Waals surface area contributed by atoms with Gasteiger partial charge in [-0.2, -0.15) is 0 Å². The van der Waals surface area contributed by atoms with E-state index in [-0.39, 0.29) is 0 Å². The fraction of sp³-hybridized carbons (Fsp3) is 0.143. The molecule has 18 heavy (non-hydrogen) atoms. The molecular weight excluding hydrogens is 228 g/mol. The van der Waals surface area contributed by atoms with Gasteiger partial charge in [-0.15, -0.1) is 0 Å². The van der Waals surface area contributed by atoms with Gasteiger partial charge in [-0.1, -0.05) is 24.3 Å². The van der Waals surface area contributed by atoms with Crippen LogP contribution >= 0.6 is 0 Å². The fourth-order valence-electron chi connectivity index (χ4n) is 1.38. The van der Waals surface area contributed by atoms with E-state index >= 15 is 0 Å². The molecule has 0 aliphatic carbocycles. The van der Waals surface area contributed by atoms with Gasteiger partial charge in [0.15, 0.2) is 0 Å². The Morgan fingerprint density at radius 2 is 1.89 bits per heavy atom. The van der Waals surface area contributed by atoms with Crippen molar-refractivity contribution in [1.29, 1.82) is 0 Å². The van der Waals surface area contributed by atoms with Gasteiger partial charge < -0.3 is 9.47 Å². The largest absolute Gasteiger partial charge is 0.495 e. The Bertz CT molecular complexity index is 550. The molecule has 0 bridgehead atoms. The molecule has 0 saturated heterocycles. The van der Waals surface area contributed by atoms with Gasteiger partial charge in [0.05, 0.1) is 7.11 Å². The van der Waals surface area contributed by atoms with Crippen molar-refractivity contribution in [3.63, 3.8) is 0 Å². The molecule has 0 N–H and O–H groups in total. The minimum atomic E-state index is 0.460. The van der Waals surface area contributed by atoms with Crippen molar-refractivity contribution in [2.45, 2.75) is 6.92 Å². The van der Waals surface area contributed by atoms with E-state index in [9.17, 15) is 0 Å². The van der Waals surface area contributed by atoms with Crippen LogP contribution in [0.15, 0.2) is 43.2 Å². The van der Waals surface area contributed by atoms with Crippen molar-refractivity contribution in [2.75, 3.05) is 7.11 Å². The number of ether oxygens (including phenoxy) is 2. The second-order valence-corrected chi connectivity index (χ2v) is 3.78. The lowest BCUT2D eigenvalue weighted by molar-refractivity contribution is 0.368. The van der Waals surface area contributed by atoms with Gasteiger partial charge in [0.2, 0.25) is 5.88 Å². The van der Waals surface area contributed by atoms with E-state index in [0.717, 1.165) is 5.75 Å². The normalized spacial score (nSPS) is 9.89. The molecule has 4 heteroatoms. The predicted octanol–water partition coefficient (Wildman–Crippen LogP) is 3.19. The number of hydrogen-bond donors (Lipinski definition) is 0. The molecule has 0 spiro atoms. The number of nitrogens with zero attached hydrogens (tertiary/aromatic N) is 2. The Kier molecular flexibility index (Phi) is 3.57. The van der Waals surface area contributed by atoms with Gasteiger partial charge in [0, 0.05) is 6.07 Å². The van der Waals surface area contributed by atoms with Crippen molar-refractivity contribution in [2.24, 2.45) is 0 Å². The van der Waals surface area contributed by atoms with E-state index in [4.69, 9.17) is 9.47 Å². The Balaban J connectivity index is 2.19. The smallest absolute Gasteiger partial charge is 0.222 e. The Hall–Kier alpha value is -2.36. The number of hydrogen-bond acceptors (Lipinski definition) is 4. The predicted molar refractivity (Wildman–Crippen MR) is 69.3 cm³/mol. The molecule has 1 aromatic heterocycles. The highest BCUT2D eigenvalue weighted by Gasteiger charge is 2.04. The molecule has 0 aliphatic rings. The molecule has 0 atom stereocenters. The molecule has 0 unspecified atom stereocenters. The Labute approximate surface area is 106 Å². The van der Waals surface area contributed by atoms with E-state index in [1.165, 1.54) is 11.9 Å². The van der Waals surface area contributed by atoms with Gasteiger partial charge in [0.1, 0.15) is 23.5 Å². The zero-order valence-electron chi connectivity index (χ0n) is 10.4. The van der Waals surface area contributed by atoms with E-state index in [2.05, 4.69) is 16.5 Å². The summed E-state index contributed by atoms with van der Waals surface area (Å²) in [6, 6.07) is 9.42. The first-order valence-electron chi connectivity index (χ1n) is 5.49. The molecule has 4 nitrogen and oxygen atoms in total. The van der Waals surface area contributed by atoms with Gasteiger partial charge in [-0.3, -0.25) is 0 Å². The minimum Gasteiger partial charge on any atom is -0.495 e. The first-order valence-corrected chi connectivity index (χ1v) is 5.49. The molecule has 1 aromatic carbocycles. The molecule has 0 radical (unpaired) electrons. The van der Waals surface area contributed by atoms with Crippen LogP contribution in [0, 0.1) is 6.92 Å². The number of methoxy groups -OCH3 is 1. The Morgan fingerprint density at radius 3 is 2.56 bits per heavy atom. The summed E-state index contributed by atoms with van der Waals surface area (Å²) in [6.07, 6.45) is 1.42. The quantitative estimate of drug-likeness (QED) is 0.772. The van der Waals surface area contributed by atoms with Gasteiger partial charge in [-0.05, 0) is 19.1 Å². The number of rotatable bonds is 4. The summed E-state index contributed by atoms with van der Waals surface area (Å²) in [5.74, 6) is 1.67. The van der Waals surface area contributed by atoms with Gasteiger partial charge >= 0.3 is 0 Å². The second kappa shape index (κ2) is 5.31. The highest BCUT2D eigenvalue weighted by Crippen LogP contribution is 2.21. The van der Waals surface area contributed by atoms with Crippen molar-refractivity contribution in [1.82, 2.24) is 9.97 Å². The number of aryl methyl sites for hydroxylation is 1. The summed E-state index contributed by atoms with van der Waals surface area (Å²) < 4.78 is 10.6. The van der Waals surface area contributed by atoms with E-state index in [1.54, 1.807) is 13.2 Å². The molecule has 0 amide bonds. The van der Waals surface area contributed by atoms with Crippen LogP contribution in [0.5, 0.6) is 11.6 Å². The van der Waals surface area contributed by atoms with Crippen molar-refractivity contribution >= 4 is 5.76 Å². The average molecular weight is 242 g/mol.